The van der Waals surface area contributed by atoms with Gasteiger partial charge in [0.2, 0.25) is 5.95 Å². The van der Waals surface area contributed by atoms with E-state index in [0.717, 1.165) is 83.4 Å². The van der Waals surface area contributed by atoms with Crippen LogP contribution in [0.2, 0.25) is 0 Å². The Morgan fingerprint density at radius 2 is 1.85 bits per heavy atom. The molecule has 0 unspecified atom stereocenters. The smallest absolute Gasteiger partial charge is 0.224 e. The summed E-state index contributed by atoms with van der Waals surface area (Å²) in [4.78, 5) is 11.6. The number of aliphatic hydroxyl groups is 1. The first-order chi connectivity index (χ1) is 16.6. The third-order valence-electron chi connectivity index (χ3n) is 6.88. The summed E-state index contributed by atoms with van der Waals surface area (Å²) in [5.74, 6) is 1.81. The van der Waals surface area contributed by atoms with E-state index in [4.69, 9.17) is 10.4 Å². The van der Waals surface area contributed by atoms with Crippen LogP contribution in [0.1, 0.15) is 56.6 Å². The molecule has 1 saturated heterocycles. The van der Waals surface area contributed by atoms with Crippen LogP contribution in [0.25, 0.3) is 0 Å². The van der Waals surface area contributed by atoms with E-state index >= 15 is 0 Å². The monoisotopic (exact) mass is 465 g/mol. The minimum Gasteiger partial charge on any atom is -0.393 e. The first kappa shape index (κ1) is 24.4. The Kier molecular flexibility index (Phi) is 8.71. The highest BCUT2D eigenvalue weighted by molar-refractivity contribution is 6.13. The van der Waals surface area contributed by atoms with Gasteiger partial charge in [-0.15, -0.1) is 0 Å². The number of rotatable bonds is 10. The molecule has 2 fully saturated rings. The lowest BCUT2D eigenvalue weighted by Crippen LogP contribution is -2.43. The molecule has 0 spiro atoms. The zero-order valence-electron chi connectivity index (χ0n) is 20.3. The van der Waals surface area contributed by atoms with Crippen molar-refractivity contribution in [2.24, 2.45) is 5.92 Å². The molecular weight excluding hydrogens is 426 g/mol. The van der Waals surface area contributed by atoms with E-state index in [1.165, 1.54) is 5.69 Å². The van der Waals surface area contributed by atoms with Crippen LogP contribution in [0, 0.1) is 11.3 Å². The van der Waals surface area contributed by atoms with E-state index < -0.39 is 0 Å². The molecule has 0 amide bonds. The zero-order valence-corrected chi connectivity index (χ0v) is 20.3. The van der Waals surface area contributed by atoms with Gasteiger partial charge in [0.15, 0.2) is 0 Å². The Morgan fingerprint density at radius 1 is 1.12 bits per heavy atom. The summed E-state index contributed by atoms with van der Waals surface area (Å²) in [7, 11) is 0. The van der Waals surface area contributed by atoms with Crippen LogP contribution in [0.4, 0.5) is 17.5 Å². The predicted molar refractivity (Wildman–Crippen MR) is 139 cm³/mol. The van der Waals surface area contributed by atoms with Crippen LogP contribution in [0.15, 0.2) is 30.5 Å². The maximum Gasteiger partial charge on any atom is 0.224 e. The summed E-state index contributed by atoms with van der Waals surface area (Å²) >= 11 is 0. The molecule has 4 rings (SSSR count). The number of aliphatic hydroxyl groups excluding tert-OH is 1. The van der Waals surface area contributed by atoms with E-state index in [0.29, 0.717) is 29.0 Å². The average Bonchev–Trinajstić information content (AvgIpc) is 2.89. The second-order valence-electron chi connectivity index (χ2n) is 9.45. The number of anilines is 3. The normalized spacial score (nSPS) is 20.7. The minimum absolute atomic E-state index is 0.155. The SMILES string of the molecule is CCCCNc1ncc(C(=N)c2ccc(N3CCNCC3)cc2)c(NCC2CCC(O)CC2)n1. The Morgan fingerprint density at radius 3 is 2.56 bits per heavy atom. The van der Waals surface area contributed by atoms with E-state index in [2.05, 4.69) is 44.9 Å². The molecule has 1 aliphatic heterocycles. The maximum atomic E-state index is 9.81. The molecule has 2 heterocycles. The molecule has 0 atom stereocenters. The Hall–Kier alpha value is -2.71. The highest BCUT2D eigenvalue weighted by Crippen LogP contribution is 2.26. The first-order valence-electron chi connectivity index (χ1n) is 12.8. The van der Waals surface area contributed by atoms with Crippen LogP contribution in [0.5, 0.6) is 0 Å². The van der Waals surface area contributed by atoms with Gasteiger partial charge in [-0.2, -0.15) is 4.98 Å². The average molecular weight is 466 g/mol. The number of nitrogens with one attached hydrogen (secondary N) is 4. The van der Waals surface area contributed by atoms with Crippen molar-refractivity contribution in [1.82, 2.24) is 15.3 Å². The largest absolute Gasteiger partial charge is 0.393 e. The second-order valence-corrected chi connectivity index (χ2v) is 9.45. The first-order valence-corrected chi connectivity index (χ1v) is 12.8. The maximum absolute atomic E-state index is 9.81. The molecule has 34 heavy (non-hydrogen) atoms. The van der Waals surface area contributed by atoms with Crippen LogP contribution in [-0.2, 0) is 0 Å². The lowest BCUT2D eigenvalue weighted by molar-refractivity contribution is 0.111. The van der Waals surface area contributed by atoms with Crippen molar-refractivity contribution >= 4 is 23.2 Å². The summed E-state index contributed by atoms with van der Waals surface area (Å²) in [5.41, 5.74) is 3.20. The van der Waals surface area contributed by atoms with Crippen LogP contribution < -0.4 is 20.9 Å². The summed E-state index contributed by atoms with van der Waals surface area (Å²) in [6.07, 6.45) is 7.54. The Labute approximate surface area is 203 Å². The Bertz CT molecular complexity index is 919. The quantitative estimate of drug-likeness (QED) is 0.270. The van der Waals surface area contributed by atoms with Crippen LogP contribution in [0.3, 0.4) is 0 Å². The van der Waals surface area contributed by atoms with Crippen molar-refractivity contribution in [2.45, 2.75) is 51.6 Å². The van der Waals surface area contributed by atoms with Gasteiger partial charge >= 0.3 is 0 Å². The highest BCUT2D eigenvalue weighted by Gasteiger charge is 2.21. The summed E-state index contributed by atoms with van der Waals surface area (Å²) < 4.78 is 0. The lowest BCUT2D eigenvalue weighted by Gasteiger charge is -2.29. The molecule has 2 aliphatic rings. The van der Waals surface area contributed by atoms with E-state index in [-0.39, 0.29) is 6.10 Å². The molecule has 0 bridgehead atoms. The summed E-state index contributed by atoms with van der Waals surface area (Å²) in [6.45, 7) is 7.80. The number of aromatic nitrogens is 2. The van der Waals surface area contributed by atoms with Crippen molar-refractivity contribution in [1.29, 1.82) is 5.41 Å². The van der Waals surface area contributed by atoms with Crippen molar-refractivity contribution in [2.75, 3.05) is 54.8 Å². The Balaban J connectivity index is 1.49. The van der Waals surface area contributed by atoms with E-state index in [9.17, 15) is 5.11 Å². The van der Waals surface area contributed by atoms with E-state index in [1.54, 1.807) is 6.20 Å². The molecule has 8 nitrogen and oxygen atoms in total. The molecule has 184 valence electrons. The van der Waals surface area contributed by atoms with Gasteiger partial charge in [-0.05, 0) is 50.2 Å². The van der Waals surface area contributed by atoms with Crippen molar-refractivity contribution < 1.29 is 5.11 Å². The standard InChI is InChI=1S/C26H39N7O/c1-2-3-12-29-26-31-18-23(25(32-26)30-17-19-4-10-22(34)11-5-19)24(27)20-6-8-21(9-7-20)33-15-13-28-14-16-33/h6-9,18-19,22,27-28,34H,2-5,10-17H2,1H3,(H2,29,30,31,32). The topological polar surface area (TPSA) is 109 Å². The van der Waals surface area contributed by atoms with Gasteiger partial charge in [0, 0.05) is 56.7 Å². The van der Waals surface area contributed by atoms with Crippen molar-refractivity contribution in [3.8, 4) is 0 Å². The van der Waals surface area contributed by atoms with Gasteiger partial charge in [0.1, 0.15) is 5.82 Å². The third kappa shape index (κ3) is 6.45. The third-order valence-corrected chi connectivity index (χ3v) is 6.88. The van der Waals surface area contributed by atoms with E-state index in [1.807, 2.05) is 12.1 Å². The van der Waals surface area contributed by atoms with Crippen LogP contribution in [-0.4, -0.2) is 66.2 Å². The molecule has 5 N–H and O–H groups in total. The predicted octanol–water partition coefficient (Wildman–Crippen LogP) is 3.48. The molecule has 0 radical (unpaired) electrons. The van der Waals surface area contributed by atoms with Gasteiger partial charge in [0.25, 0.3) is 0 Å². The molecular formula is C26H39N7O. The highest BCUT2D eigenvalue weighted by atomic mass is 16.3. The molecule has 2 aromatic rings. The summed E-state index contributed by atoms with van der Waals surface area (Å²) in [6, 6.07) is 8.27. The lowest BCUT2D eigenvalue weighted by atomic mass is 9.87. The number of hydrogen-bond donors (Lipinski definition) is 5. The number of nitrogens with zero attached hydrogens (tertiary/aromatic N) is 3. The fourth-order valence-corrected chi connectivity index (χ4v) is 4.67. The summed E-state index contributed by atoms with van der Waals surface area (Å²) in [5, 5.41) is 28.9. The number of benzene rings is 1. The van der Waals surface area contributed by atoms with Gasteiger partial charge < -0.3 is 26.0 Å². The molecule has 1 aliphatic carbocycles. The van der Waals surface area contributed by atoms with Crippen molar-refractivity contribution in [3.63, 3.8) is 0 Å². The molecule has 1 saturated carbocycles. The van der Waals surface area contributed by atoms with Gasteiger partial charge in [0.05, 0.1) is 17.4 Å². The second kappa shape index (κ2) is 12.1. The fourth-order valence-electron chi connectivity index (χ4n) is 4.67. The van der Waals surface area contributed by atoms with Gasteiger partial charge in [-0.25, -0.2) is 4.98 Å². The number of unbranched alkanes of at least 4 members (excludes halogenated alkanes) is 1. The molecule has 1 aromatic carbocycles. The zero-order chi connectivity index (χ0) is 23.8. The number of hydrogen-bond acceptors (Lipinski definition) is 8. The minimum atomic E-state index is -0.155. The molecule has 1 aromatic heterocycles. The van der Waals surface area contributed by atoms with Crippen molar-refractivity contribution in [3.05, 3.63) is 41.6 Å². The van der Waals surface area contributed by atoms with Crippen LogP contribution >= 0.6 is 0 Å². The molecule has 8 heteroatoms. The van der Waals surface area contributed by atoms with Gasteiger partial charge in [-0.3, -0.25) is 5.41 Å². The fraction of sp³-hybridized carbons (Fsp3) is 0.577. The number of piperazine rings is 1. The van der Waals surface area contributed by atoms with Gasteiger partial charge in [-0.1, -0.05) is 25.5 Å².